The zero-order valence-electron chi connectivity index (χ0n) is 8.34. The highest BCUT2D eigenvalue weighted by Gasteiger charge is 2.50. The lowest BCUT2D eigenvalue weighted by atomic mass is 9.63. The van der Waals surface area contributed by atoms with Crippen LogP contribution in [0.1, 0.15) is 38.5 Å². The highest BCUT2D eigenvalue weighted by Crippen LogP contribution is 2.49. The van der Waals surface area contributed by atoms with Gasteiger partial charge in [0.15, 0.2) is 0 Å². The van der Waals surface area contributed by atoms with Crippen molar-refractivity contribution in [2.24, 2.45) is 11.1 Å². The molecule has 3 rings (SSSR count). The van der Waals surface area contributed by atoms with E-state index < -0.39 is 0 Å². The van der Waals surface area contributed by atoms with Gasteiger partial charge in [-0.1, -0.05) is 12.8 Å². The minimum Gasteiger partial charge on any atom is -0.326 e. The number of likely N-dealkylation sites (tertiary alicyclic amines) is 1. The summed E-state index contributed by atoms with van der Waals surface area (Å²) < 4.78 is 0. The summed E-state index contributed by atoms with van der Waals surface area (Å²) in [4.78, 5) is 2.65. The van der Waals surface area contributed by atoms with Gasteiger partial charge in [0.05, 0.1) is 0 Å². The van der Waals surface area contributed by atoms with Gasteiger partial charge in [0.1, 0.15) is 0 Å². The topological polar surface area (TPSA) is 29.3 Å². The molecular formula is C11H20N2. The molecule has 74 valence electrons. The maximum Gasteiger partial charge on any atom is 0.0247 e. The van der Waals surface area contributed by atoms with Crippen LogP contribution in [0.5, 0.6) is 0 Å². The SMILES string of the molecule is NC1CCCC1N1CC2(CCC2)C1. The first kappa shape index (κ1) is 8.25. The quantitative estimate of drug-likeness (QED) is 0.660. The van der Waals surface area contributed by atoms with Crippen LogP contribution in [0.2, 0.25) is 0 Å². The Balaban J connectivity index is 1.57. The molecular weight excluding hydrogens is 160 g/mol. The van der Waals surface area contributed by atoms with Crippen molar-refractivity contribution in [3.63, 3.8) is 0 Å². The fourth-order valence-corrected chi connectivity index (χ4v) is 3.47. The maximum atomic E-state index is 6.10. The molecule has 13 heavy (non-hydrogen) atoms. The smallest absolute Gasteiger partial charge is 0.0247 e. The second kappa shape index (κ2) is 2.71. The van der Waals surface area contributed by atoms with Crippen LogP contribution in [0.3, 0.4) is 0 Å². The van der Waals surface area contributed by atoms with Gasteiger partial charge in [-0.2, -0.15) is 0 Å². The molecule has 2 unspecified atom stereocenters. The molecule has 2 nitrogen and oxygen atoms in total. The second-order valence-electron chi connectivity index (χ2n) is 5.42. The van der Waals surface area contributed by atoms with Crippen LogP contribution >= 0.6 is 0 Å². The Morgan fingerprint density at radius 3 is 2.31 bits per heavy atom. The lowest BCUT2D eigenvalue weighted by Crippen LogP contribution is -2.64. The van der Waals surface area contributed by atoms with Gasteiger partial charge >= 0.3 is 0 Å². The van der Waals surface area contributed by atoms with E-state index in [4.69, 9.17) is 5.73 Å². The number of hydrogen-bond donors (Lipinski definition) is 1. The summed E-state index contributed by atoms with van der Waals surface area (Å²) in [6.07, 6.45) is 8.43. The van der Waals surface area contributed by atoms with Crippen LogP contribution in [0.15, 0.2) is 0 Å². The van der Waals surface area contributed by atoms with E-state index in [-0.39, 0.29) is 0 Å². The Hall–Kier alpha value is -0.0800. The summed E-state index contributed by atoms with van der Waals surface area (Å²) in [5, 5.41) is 0. The number of hydrogen-bond acceptors (Lipinski definition) is 2. The highest BCUT2D eigenvalue weighted by atomic mass is 15.3. The monoisotopic (exact) mass is 180 g/mol. The van der Waals surface area contributed by atoms with Gasteiger partial charge in [0.2, 0.25) is 0 Å². The number of nitrogens with two attached hydrogens (primary N) is 1. The third-order valence-corrected chi connectivity index (χ3v) is 4.49. The molecule has 0 aromatic heterocycles. The van der Waals surface area contributed by atoms with E-state index in [0.29, 0.717) is 6.04 Å². The zero-order valence-corrected chi connectivity index (χ0v) is 8.34. The first-order valence-electron chi connectivity index (χ1n) is 5.79. The first-order valence-corrected chi connectivity index (χ1v) is 5.79. The van der Waals surface area contributed by atoms with Crippen LogP contribution in [-0.2, 0) is 0 Å². The van der Waals surface area contributed by atoms with Crippen molar-refractivity contribution < 1.29 is 0 Å². The summed E-state index contributed by atoms with van der Waals surface area (Å²) in [5.74, 6) is 0. The third kappa shape index (κ3) is 1.15. The van der Waals surface area contributed by atoms with Crippen molar-refractivity contribution >= 4 is 0 Å². The molecule has 0 radical (unpaired) electrons. The third-order valence-electron chi connectivity index (χ3n) is 4.49. The molecule has 1 aliphatic heterocycles. The number of nitrogens with zero attached hydrogens (tertiary/aromatic N) is 1. The summed E-state index contributed by atoms with van der Waals surface area (Å²) in [7, 11) is 0. The average molecular weight is 180 g/mol. The average Bonchev–Trinajstić information content (AvgIpc) is 2.30. The summed E-state index contributed by atoms with van der Waals surface area (Å²) in [6.45, 7) is 2.73. The molecule has 3 fully saturated rings. The first-order chi connectivity index (χ1) is 6.29. The minimum absolute atomic E-state index is 0.484. The standard InChI is InChI=1S/C11H20N2/c12-9-3-1-4-10(9)13-7-11(8-13)5-2-6-11/h9-10H,1-8,12H2. The summed E-state index contributed by atoms with van der Waals surface area (Å²) >= 11 is 0. The molecule has 2 N–H and O–H groups in total. The Morgan fingerprint density at radius 2 is 1.85 bits per heavy atom. The molecule has 0 aromatic carbocycles. The van der Waals surface area contributed by atoms with Crippen LogP contribution in [0, 0.1) is 5.41 Å². The Kier molecular flexibility index (Phi) is 1.72. The molecule has 2 heteroatoms. The van der Waals surface area contributed by atoms with E-state index in [1.165, 1.54) is 51.6 Å². The molecule has 0 bridgehead atoms. The Bertz CT molecular complexity index is 202. The molecule has 2 aliphatic carbocycles. The molecule has 2 saturated carbocycles. The van der Waals surface area contributed by atoms with Crippen LogP contribution < -0.4 is 5.73 Å². The van der Waals surface area contributed by atoms with Crippen LogP contribution in [0.4, 0.5) is 0 Å². The van der Waals surface area contributed by atoms with E-state index in [9.17, 15) is 0 Å². The van der Waals surface area contributed by atoms with Gasteiger partial charge in [-0.15, -0.1) is 0 Å². The summed E-state index contributed by atoms with van der Waals surface area (Å²) in [5.41, 5.74) is 6.88. The van der Waals surface area contributed by atoms with Gasteiger partial charge in [0, 0.05) is 25.2 Å². The Morgan fingerprint density at radius 1 is 1.08 bits per heavy atom. The van der Waals surface area contributed by atoms with E-state index in [1.54, 1.807) is 0 Å². The largest absolute Gasteiger partial charge is 0.326 e. The highest BCUT2D eigenvalue weighted by molar-refractivity contribution is 5.04. The van der Waals surface area contributed by atoms with Gasteiger partial charge in [-0.25, -0.2) is 0 Å². The lowest BCUT2D eigenvalue weighted by molar-refractivity contribution is -0.0841. The van der Waals surface area contributed by atoms with E-state index >= 15 is 0 Å². The van der Waals surface area contributed by atoms with Crippen LogP contribution in [0.25, 0.3) is 0 Å². The molecule has 0 aromatic rings. The second-order valence-corrected chi connectivity index (χ2v) is 5.42. The molecule has 1 spiro atoms. The maximum absolute atomic E-state index is 6.10. The van der Waals surface area contributed by atoms with Crippen molar-refractivity contribution in [2.45, 2.75) is 50.6 Å². The van der Waals surface area contributed by atoms with Crippen LogP contribution in [-0.4, -0.2) is 30.1 Å². The number of rotatable bonds is 1. The van der Waals surface area contributed by atoms with Crippen molar-refractivity contribution in [1.82, 2.24) is 4.90 Å². The van der Waals surface area contributed by atoms with E-state index in [0.717, 1.165) is 11.5 Å². The predicted molar refractivity (Wildman–Crippen MR) is 53.5 cm³/mol. The lowest BCUT2D eigenvalue weighted by Gasteiger charge is -2.58. The normalized spacial score (nSPS) is 43.2. The molecule has 1 saturated heterocycles. The minimum atomic E-state index is 0.484. The van der Waals surface area contributed by atoms with Gasteiger partial charge in [-0.05, 0) is 31.1 Å². The van der Waals surface area contributed by atoms with E-state index in [2.05, 4.69) is 4.90 Å². The molecule has 1 heterocycles. The van der Waals surface area contributed by atoms with Gasteiger partial charge in [0.25, 0.3) is 0 Å². The summed E-state index contributed by atoms with van der Waals surface area (Å²) in [6, 6.07) is 1.23. The van der Waals surface area contributed by atoms with Gasteiger partial charge in [-0.3, -0.25) is 4.90 Å². The van der Waals surface area contributed by atoms with Crippen molar-refractivity contribution in [3.05, 3.63) is 0 Å². The molecule has 0 amide bonds. The van der Waals surface area contributed by atoms with Gasteiger partial charge < -0.3 is 5.73 Å². The molecule has 3 aliphatic rings. The fourth-order valence-electron chi connectivity index (χ4n) is 3.47. The van der Waals surface area contributed by atoms with Crippen molar-refractivity contribution in [3.8, 4) is 0 Å². The van der Waals surface area contributed by atoms with Crippen molar-refractivity contribution in [1.29, 1.82) is 0 Å². The zero-order chi connectivity index (χ0) is 8.89. The Labute approximate surface area is 80.5 Å². The molecule has 2 atom stereocenters. The predicted octanol–water partition coefficient (Wildman–Crippen LogP) is 1.35. The van der Waals surface area contributed by atoms with E-state index in [1.807, 2.05) is 0 Å². The fraction of sp³-hybridized carbons (Fsp3) is 1.00. The van der Waals surface area contributed by atoms with Crippen molar-refractivity contribution in [2.75, 3.05) is 13.1 Å².